The Morgan fingerprint density at radius 2 is 1.90 bits per heavy atom. The molecule has 0 amide bonds. The van der Waals surface area contributed by atoms with Gasteiger partial charge < -0.3 is 14.7 Å². The van der Waals surface area contributed by atoms with Crippen LogP contribution in [-0.4, -0.2) is 42.2 Å². The van der Waals surface area contributed by atoms with Crippen LogP contribution in [-0.2, 0) is 4.79 Å². The second kappa shape index (κ2) is 7.90. The number of aliphatic carboxylic acids is 1. The summed E-state index contributed by atoms with van der Waals surface area (Å²) in [5.74, 6) is 0.156. The van der Waals surface area contributed by atoms with Gasteiger partial charge in [0.15, 0.2) is 0 Å². The number of piperidine rings is 1. The molecule has 0 spiro atoms. The van der Waals surface area contributed by atoms with E-state index >= 15 is 0 Å². The molecule has 1 aromatic rings. The standard InChI is InChI=1S/C16H23NO3/c18-16(19)14-8-11-17(12-9-14)10-4-5-13-20-15-6-2-1-3-7-15/h1-3,6-7,14H,4-5,8-13H2,(H,18,19). The molecule has 1 aliphatic heterocycles. The summed E-state index contributed by atoms with van der Waals surface area (Å²) in [5.41, 5.74) is 0. The first-order valence-corrected chi connectivity index (χ1v) is 7.39. The van der Waals surface area contributed by atoms with Crippen LogP contribution < -0.4 is 4.74 Å². The van der Waals surface area contributed by atoms with E-state index in [0.29, 0.717) is 0 Å². The number of benzene rings is 1. The van der Waals surface area contributed by atoms with Crippen molar-refractivity contribution < 1.29 is 14.6 Å². The van der Waals surface area contributed by atoms with Crippen molar-refractivity contribution in [1.29, 1.82) is 0 Å². The fourth-order valence-corrected chi connectivity index (χ4v) is 2.55. The van der Waals surface area contributed by atoms with Gasteiger partial charge in [-0.3, -0.25) is 4.79 Å². The van der Waals surface area contributed by atoms with Crippen LogP contribution in [0.2, 0.25) is 0 Å². The number of hydrogen-bond acceptors (Lipinski definition) is 3. The van der Waals surface area contributed by atoms with Gasteiger partial charge in [0.25, 0.3) is 0 Å². The molecule has 1 aromatic carbocycles. The quantitative estimate of drug-likeness (QED) is 0.778. The van der Waals surface area contributed by atoms with Crippen molar-refractivity contribution in [2.45, 2.75) is 25.7 Å². The molecular formula is C16H23NO3. The molecule has 0 unspecified atom stereocenters. The molecule has 2 rings (SSSR count). The zero-order chi connectivity index (χ0) is 14.2. The zero-order valence-corrected chi connectivity index (χ0v) is 11.8. The molecule has 4 nitrogen and oxygen atoms in total. The summed E-state index contributed by atoms with van der Waals surface area (Å²) in [7, 11) is 0. The maximum atomic E-state index is 10.9. The number of likely N-dealkylation sites (tertiary alicyclic amines) is 1. The summed E-state index contributed by atoms with van der Waals surface area (Å²) < 4.78 is 5.65. The third-order valence-corrected chi connectivity index (χ3v) is 3.82. The molecule has 110 valence electrons. The van der Waals surface area contributed by atoms with Gasteiger partial charge in [-0.2, -0.15) is 0 Å². The van der Waals surface area contributed by atoms with Gasteiger partial charge in [-0.05, 0) is 57.5 Å². The SMILES string of the molecule is O=C(O)C1CCN(CCCCOc2ccccc2)CC1. The second-order valence-corrected chi connectivity index (χ2v) is 5.32. The van der Waals surface area contributed by atoms with Gasteiger partial charge in [-0.15, -0.1) is 0 Å². The lowest BCUT2D eigenvalue weighted by Gasteiger charge is -2.29. The number of carboxylic acid groups (broad SMARTS) is 1. The number of carbonyl (C=O) groups is 1. The Morgan fingerprint density at radius 3 is 2.55 bits per heavy atom. The molecule has 0 radical (unpaired) electrons. The summed E-state index contributed by atoms with van der Waals surface area (Å²) in [6.07, 6.45) is 3.71. The molecule has 1 aliphatic rings. The zero-order valence-electron chi connectivity index (χ0n) is 11.8. The summed E-state index contributed by atoms with van der Waals surface area (Å²) in [5, 5.41) is 8.94. The fraction of sp³-hybridized carbons (Fsp3) is 0.562. The first-order valence-electron chi connectivity index (χ1n) is 7.39. The highest BCUT2D eigenvalue weighted by Gasteiger charge is 2.23. The van der Waals surface area contributed by atoms with Gasteiger partial charge >= 0.3 is 5.97 Å². The largest absolute Gasteiger partial charge is 0.494 e. The Hall–Kier alpha value is -1.55. The van der Waals surface area contributed by atoms with Crippen LogP contribution >= 0.6 is 0 Å². The number of nitrogens with zero attached hydrogens (tertiary/aromatic N) is 1. The highest BCUT2D eigenvalue weighted by atomic mass is 16.5. The van der Waals surface area contributed by atoms with Crippen LogP contribution in [0.1, 0.15) is 25.7 Å². The van der Waals surface area contributed by atoms with Crippen molar-refractivity contribution in [2.75, 3.05) is 26.2 Å². The van der Waals surface area contributed by atoms with E-state index in [1.54, 1.807) is 0 Å². The highest BCUT2D eigenvalue weighted by Crippen LogP contribution is 2.17. The number of unbranched alkanes of at least 4 members (excludes halogenated alkanes) is 1. The Morgan fingerprint density at radius 1 is 1.20 bits per heavy atom. The molecule has 20 heavy (non-hydrogen) atoms. The fourth-order valence-electron chi connectivity index (χ4n) is 2.55. The average Bonchev–Trinajstić information content (AvgIpc) is 2.48. The number of rotatable bonds is 7. The van der Waals surface area contributed by atoms with Gasteiger partial charge in [-0.25, -0.2) is 0 Å². The van der Waals surface area contributed by atoms with E-state index < -0.39 is 5.97 Å². The third kappa shape index (κ3) is 4.85. The van der Waals surface area contributed by atoms with E-state index in [4.69, 9.17) is 9.84 Å². The Bertz CT molecular complexity index is 399. The van der Waals surface area contributed by atoms with Gasteiger partial charge in [-0.1, -0.05) is 18.2 Å². The first kappa shape index (κ1) is 14.9. The predicted octanol–water partition coefficient (Wildman–Crippen LogP) is 2.64. The molecule has 0 atom stereocenters. The van der Waals surface area contributed by atoms with Crippen LogP contribution in [0.5, 0.6) is 5.75 Å². The van der Waals surface area contributed by atoms with Crippen LogP contribution in [0, 0.1) is 5.92 Å². The lowest BCUT2D eigenvalue weighted by Crippen LogP contribution is -2.36. The summed E-state index contributed by atoms with van der Waals surface area (Å²) in [4.78, 5) is 13.2. The first-order chi connectivity index (χ1) is 9.75. The Balaban J connectivity index is 1.53. The molecule has 0 saturated carbocycles. The molecule has 1 heterocycles. The van der Waals surface area contributed by atoms with E-state index in [0.717, 1.165) is 57.7 Å². The van der Waals surface area contributed by atoms with E-state index in [9.17, 15) is 4.79 Å². The van der Waals surface area contributed by atoms with Crippen molar-refractivity contribution in [3.63, 3.8) is 0 Å². The van der Waals surface area contributed by atoms with E-state index in [-0.39, 0.29) is 5.92 Å². The minimum absolute atomic E-state index is 0.132. The van der Waals surface area contributed by atoms with Crippen LogP contribution in [0.25, 0.3) is 0 Å². The minimum atomic E-state index is -0.638. The van der Waals surface area contributed by atoms with Crippen LogP contribution in [0.15, 0.2) is 30.3 Å². The maximum absolute atomic E-state index is 10.9. The molecule has 1 fully saturated rings. The molecule has 0 aromatic heterocycles. The van der Waals surface area contributed by atoms with Gasteiger partial charge in [0.05, 0.1) is 12.5 Å². The highest BCUT2D eigenvalue weighted by molar-refractivity contribution is 5.70. The second-order valence-electron chi connectivity index (χ2n) is 5.32. The lowest BCUT2D eigenvalue weighted by atomic mass is 9.97. The number of ether oxygens (including phenoxy) is 1. The maximum Gasteiger partial charge on any atom is 0.306 e. The topological polar surface area (TPSA) is 49.8 Å². The predicted molar refractivity (Wildman–Crippen MR) is 78.0 cm³/mol. The van der Waals surface area contributed by atoms with E-state index in [2.05, 4.69) is 4.90 Å². The van der Waals surface area contributed by atoms with Crippen molar-refractivity contribution in [1.82, 2.24) is 4.90 Å². The average molecular weight is 277 g/mol. The number of hydrogen-bond donors (Lipinski definition) is 1. The van der Waals surface area contributed by atoms with Gasteiger partial charge in [0.1, 0.15) is 5.75 Å². The van der Waals surface area contributed by atoms with Crippen molar-refractivity contribution >= 4 is 5.97 Å². The molecule has 4 heteroatoms. The molecule has 0 bridgehead atoms. The van der Waals surface area contributed by atoms with Gasteiger partial charge in [0.2, 0.25) is 0 Å². The summed E-state index contributed by atoms with van der Waals surface area (Å²) in [6, 6.07) is 9.87. The minimum Gasteiger partial charge on any atom is -0.494 e. The van der Waals surface area contributed by atoms with Crippen LogP contribution in [0.4, 0.5) is 0 Å². The Labute approximate surface area is 120 Å². The van der Waals surface area contributed by atoms with Crippen molar-refractivity contribution in [3.05, 3.63) is 30.3 Å². The monoisotopic (exact) mass is 277 g/mol. The van der Waals surface area contributed by atoms with E-state index in [1.807, 2.05) is 30.3 Å². The summed E-state index contributed by atoms with van der Waals surface area (Å²) >= 11 is 0. The smallest absolute Gasteiger partial charge is 0.306 e. The van der Waals surface area contributed by atoms with Crippen LogP contribution in [0.3, 0.4) is 0 Å². The third-order valence-electron chi connectivity index (χ3n) is 3.82. The lowest BCUT2D eigenvalue weighted by molar-refractivity contribution is -0.143. The van der Waals surface area contributed by atoms with E-state index in [1.165, 1.54) is 0 Å². The van der Waals surface area contributed by atoms with Crippen molar-refractivity contribution in [3.8, 4) is 5.75 Å². The number of para-hydroxylation sites is 1. The Kier molecular flexibility index (Phi) is 5.87. The molecule has 1 N–H and O–H groups in total. The number of carboxylic acids is 1. The summed E-state index contributed by atoms with van der Waals surface area (Å²) in [6.45, 7) is 3.62. The van der Waals surface area contributed by atoms with Crippen molar-refractivity contribution in [2.24, 2.45) is 5.92 Å². The molecule has 0 aliphatic carbocycles. The molecule has 1 saturated heterocycles. The molecular weight excluding hydrogens is 254 g/mol. The normalized spacial score (nSPS) is 17.0. The van der Waals surface area contributed by atoms with Gasteiger partial charge in [0, 0.05) is 0 Å².